The normalized spacial score (nSPS) is 10.7. The number of hydrogen-bond donors (Lipinski definition) is 2. The van der Waals surface area contributed by atoms with Crippen molar-refractivity contribution in [1.82, 2.24) is 0 Å². The molecule has 5 heteroatoms. The summed E-state index contributed by atoms with van der Waals surface area (Å²) in [6.07, 6.45) is 0.0672. The van der Waals surface area contributed by atoms with Crippen LogP contribution in [0.25, 0.3) is 0 Å². The maximum atomic E-state index is 6.10. The number of ether oxygens (including phenoxy) is 1. The van der Waals surface area contributed by atoms with Crippen LogP contribution >= 0.6 is 23.2 Å². The van der Waals surface area contributed by atoms with Gasteiger partial charge in [-0.2, -0.15) is 0 Å². The second-order valence-electron chi connectivity index (χ2n) is 4.64. The molecule has 0 amide bonds. The van der Waals surface area contributed by atoms with E-state index in [0.717, 1.165) is 11.4 Å². The van der Waals surface area contributed by atoms with Crippen LogP contribution in [-0.2, 0) is 0 Å². The van der Waals surface area contributed by atoms with Gasteiger partial charge < -0.3 is 15.8 Å². The molecule has 0 aromatic heterocycles. The molecule has 20 heavy (non-hydrogen) atoms. The summed E-state index contributed by atoms with van der Waals surface area (Å²) in [7, 11) is 0. The highest BCUT2D eigenvalue weighted by atomic mass is 35.5. The minimum Gasteiger partial charge on any atom is -0.489 e. The summed E-state index contributed by atoms with van der Waals surface area (Å²) >= 11 is 11.9. The van der Waals surface area contributed by atoms with Crippen molar-refractivity contribution in [1.29, 1.82) is 0 Å². The minimum atomic E-state index is 0.0672. The van der Waals surface area contributed by atoms with Crippen LogP contribution < -0.4 is 15.8 Å². The van der Waals surface area contributed by atoms with E-state index < -0.39 is 0 Å². The fourth-order valence-electron chi connectivity index (χ4n) is 1.74. The Hall–Kier alpha value is -1.58. The summed E-state index contributed by atoms with van der Waals surface area (Å²) in [5.74, 6) is 0.657. The van der Waals surface area contributed by atoms with Crippen molar-refractivity contribution >= 4 is 40.3 Å². The molecule has 2 rings (SSSR count). The molecule has 0 saturated heterocycles. The zero-order valence-electron chi connectivity index (χ0n) is 11.3. The molecular formula is C15H16Cl2N2O. The standard InChI is InChI=1S/C15H16Cl2N2O/c1-9(2)20-14-5-3-4-13(15(14)18)19-10-6-7-11(16)12(17)8-10/h3-9,19H,18H2,1-2H3. The molecule has 0 aliphatic carbocycles. The van der Waals surface area contributed by atoms with Gasteiger partial charge in [-0.1, -0.05) is 29.3 Å². The van der Waals surface area contributed by atoms with E-state index in [9.17, 15) is 0 Å². The smallest absolute Gasteiger partial charge is 0.144 e. The average Bonchev–Trinajstić information content (AvgIpc) is 2.38. The Morgan fingerprint density at radius 1 is 1.10 bits per heavy atom. The van der Waals surface area contributed by atoms with Crippen molar-refractivity contribution in [3.8, 4) is 5.75 Å². The molecule has 3 N–H and O–H groups in total. The van der Waals surface area contributed by atoms with Crippen LogP contribution in [-0.4, -0.2) is 6.10 Å². The van der Waals surface area contributed by atoms with Crippen molar-refractivity contribution in [3.63, 3.8) is 0 Å². The van der Waals surface area contributed by atoms with E-state index in [4.69, 9.17) is 33.7 Å². The van der Waals surface area contributed by atoms with Gasteiger partial charge in [0.05, 0.1) is 27.5 Å². The van der Waals surface area contributed by atoms with Crippen LogP contribution in [0.3, 0.4) is 0 Å². The van der Waals surface area contributed by atoms with Crippen LogP contribution in [0.2, 0.25) is 10.0 Å². The lowest BCUT2D eigenvalue weighted by atomic mass is 10.2. The number of para-hydroxylation sites is 1. The SMILES string of the molecule is CC(C)Oc1cccc(Nc2ccc(Cl)c(Cl)c2)c1N. The van der Waals surface area contributed by atoms with Crippen molar-refractivity contribution in [2.45, 2.75) is 20.0 Å². The van der Waals surface area contributed by atoms with E-state index in [0.29, 0.717) is 21.5 Å². The van der Waals surface area contributed by atoms with Crippen LogP contribution in [0.15, 0.2) is 36.4 Å². The van der Waals surface area contributed by atoms with Gasteiger partial charge in [0.2, 0.25) is 0 Å². The lowest BCUT2D eigenvalue weighted by molar-refractivity contribution is 0.244. The molecule has 0 atom stereocenters. The van der Waals surface area contributed by atoms with E-state index >= 15 is 0 Å². The predicted octanol–water partition coefficient (Wildman–Crippen LogP) is 5.11. The number of benzene rings is 2. The second-order valence-corrected chi connectivity index (χ2v) is 5.45. The number of rotatable bonds is 4. The predicted molar refractivity (Wildman–Crippen MR) is 86.4 cm³/mol. The number of nitrogens with one attached hydrogen (secondary N) is 1. The largest absolute Gasteiger partial charge is 0.489 e. The van der Waals surface area contributed by atoms with Gasteiger partial charge in [-0.05, 0) is 44.2 Å². The molecule has 2 aromatic rings. The Balaban J connectivity index is 2.27. The Morgan fingerprint density at radius 2 is 1.85 bits per heavy atom. The highest BCUT2D eigenvalue weighted by molar-refractivity contribution is 6.42. The van der Waals surface area contributed by atoms with E-state index in [2.05, 4.69) is 5.32 Å². The second kappa shape index (κ2) is 6.25. The van der Waals surface area contributed by atoms with Gasteiger partial charge in [-0.25, -0.2) is 0 Å². The monoisotopic (exact) mass is 310 g/mol. The molecule has 0 fully saturated rings. The summed E-state index contributed by atoms with van der Waals surface area (Å²) in [5.41, 5.74) is 8.24. The summed E-state index contributed by atoms with van der Waals surface area (Å²) in [6.45, 7) is 3.91. The first-order valence-electron chi connectivity index (χ1n) is 6.24. The van der Waals surface area contributed by atoms with Gasteiger partial charge in [0, 0.05) is 5.69 Å². The molecule has 3 nitrogen and oxygen atoms in total. The first-order chi connectivity index (χ1) is 9.47. The van der Waals surface area contributed by atoms with Gasteiger partial charge in [0.15, 0.2) is 0 Å². The van der Waals surface area contributed by atoms with Crippen LogP contribution in [0, 0.1) is 0 Å². The summed E-state index contributed by atoms with van der Waals surface area (Å²) < 4.78 is 5.65. The van der Waals surface area contributed by atoms with Gasteiger partial charge >= 0.3 is 0 Å². The fraction of sp³-hybridized carbons (Fsp3) is 0.200. The van der Waals surface area contributed by atoms with Crippen LogP contribution in [0.5, 0.6) is 5.75 Å². The van der Waals surface area contributed by atoms with E-state index in [1.165, 1.54) is 0 Å². The third-order valence-electron chi connectivity index (χ3n) is 2.63. The Labute approximate surface area is 128 Å². The molecule has 0 unspecified atom stereocenters. The molecule has 0 radical (unpaired) electrons. The quantitative estimate of drug-likeness (QED) is 0.772. The van der Waals surface area contributed by atoms with Gasteiger partial charge in [0.25, 0.3) is 0 Å². The summed E-state index contributed by atoms with van der Waals surface area (Å²) in [6, 6.07) is 10.9. The van der Waals surface area contributed by atoms with Crippen molar-refractivity contribution in [2.75, 3.05) is 11.1 Å². The van der Waals surface area contributed by atoms with Crippen LogP contribution in [0.1, 0.15) is 13.8 Å². The highest BCUT2D eigenvalue weighted by Crippen LogP contribution is 2.33. The van der Waals surface area contributed by atoms with E-state index in [-0.39, 0.29) is 6.10 Å². The molecule has 0 spiro atoms. The van der Waals surface area contributed by atoms with Crippen molar-refractivity contribution in [2.24, 2.45) is 0 Å². The number of hydrogen-bond acceptors (Lipinski definition) is 3. The maximum absolute atomic E-state index is 6.10. The number of nitrogens with two attached hydrogens (primary N) is 1. The Morgan fingerprint density at radius 3 is 2.50 bits per heavy atom. The van der Waals surface area contributed by atoms with Crippen LogP contribution in [0.4, 0.5) is 17.1 Å². The lowest BCUT2D eigenvalue weighted by Gasteiger charge is -2.16. The molecule has 106 valence electrons. The zero-order valence-corrected chi connectivity index (χ0v) is 12.8. The highest BCUT2D eigenvalue weighted by Gasteiger charge is 2.08. The maximum Gasteiger partial charge on any atom is 0.144 e. The first-order valence-corrected chi connectivity index (χ1v) is 7.00. The van der Waals surface area contributed by atoms with Gasteiger partial charge in [-0.15, -0.1) is 0 Å². The number of halogens is 2. The summed E-state index contributed by atoms with van der Waals surface area (Å²) in [4.78, 5) is 0. The molecule has 0 saturated carbocycles. The molecular weight excluding hydrogens is 295 g/mol. The number of anilines is 3. The third-order valence-corrected chi connectivity index (χ3v) is 3.37. The summed E-state index contributed by atoms with van der Waals surface area (Å²) in [5, 5.41) is 4.21. The average molecular weight is 311 g/mol. The third kappa shape index (κ3) is 3.50. The number of nitrogen functional groups attached to an aromatic ring is 1. The van der Waals surface area contributed by atoms with Crippen molar-refractivity contribution in [3.05, 3.63) is 46.4 Å². The zero-order chi connectivity index (χ0) is 14.7. The van der Waals surface area contributed by atoms with E-state index in [1.807, 2.05) is 38.1 Å². The fourth-order valence-corrected chi connectivity index (χ4v) is 2.04. The van der Waals surface area contributed by atoms with Gasteiger partial charge in [-0.3, -0.25) is 0 Å². The minimum absolute atomic E-state index is 0.0672. The Kier molecular flexibility index (Phi) is 4.63. The topological polar surface area (TPSA) is 47.3 Å². The molecule has 0 aliphatic rings. The lowest BCUT2D eigenvalue weighted by Crippen LogP contribution is -2.08. The molecule has 0 bridgehead atoms. The molecule has 0 aliphatic heterocycles. The molecule has 2 aromatic carbocycles. The van der Waals surface area contributed by atoms with Gasteiger partial charge in [0.1, 0.15) is 5.75 Å². The Bertz CT molecular complexity index is 615. The van der Waals surface area contributed by atoms with E-state index in [1.54, 1.807) is 12.1 Å². The van der Waals surface area contributed by atoms with Crippen molar-refractivity contribution < 1.29 is 4.74 Å². The molecule has 0 heterocycles. The first kappa shape index (κ1) is 14.8.